The highest BCUT2D eigenvalue weighted by Crippen LogP contribution is 2.00. The minimum atomic E-state index is -0.593. The van der Waals surface area contributed by atoms with Crippen molar-refractivity contribution in [3.8, 4) is 0 Å². The van der Waals surface area contributed by atoms with Gasteiger partial charge in [0.2, 0.25) is 0 Å². The van der Waals surface area contributed by atoms with E-state index in [1.165, 1.54) is 0 Å². The molecule has 0 aliphatic heterocycles. The molecule has 0 heterocycles. The first-order valence-electron chi connectivity index (χ1n) is 3.38. The number of carbonyl (C=O) groups excluding carboxylic acids is 1. The van der Waals surface area contributed by atoms with Crippen molar-refractivity contribution in [3.63, 3.8) is 0 Å². The number of carbonyl (C=O) groups is 1. The predicted octanol–water partition coefficient (Wildman–Crippen LogP) is 1.55. The first-order valence-corrected chi connectivity index (χ1v) is 3.38. The quantitative estimate of drug-likeness (QED) is 0.565. The minimum Gasteiger partial charge on any atom is -0.463 e. The molecular weight excluding hydrogens is 135 g/mol. The van der Waals surface area contributed by atoms with E-state index in [1.807, 2.05) is 13.8 Å². The van der Waals surface area contributed by atoms with Gasteiger partial charge >= 0.3 is 5.97 Å². The Labute approximate surface area is 60.4 Å². The van der Waals surface area contributed by atoms with Crippen LogP contribution < -0.4 is 0 Å². The molecular formula is C7H13FO2. The molecule has 0 saturated heterocycles. The molecule has 0 N–H and O–H groups in total. The molecule has 0 aromatic heterocycles. The molecule has 0 unspecified atom stereocenters. The average Bonchev–Trinajstić information content (AvgIpc) is 1.82. The highest BCUT2D eigenvalue weighted by Gasteiger charge is 2.04. The van der Waals surface area contributed by atoms with Crippen LogP contribution in [0.25, 0.3) is 0 Å². The summed E-state index contributed by atoms with van der Waals surface area (Å²) in [7, 11) is 0. The third-order valence-corrected chi connectivity index (χ3v) is 0.915. The standard InChI is InChI=1S/C7H13FO2/c1-6(2)5-7(9)10-4-3-8/h6H,3-5H2,1-2H3. The third-order valence-electron chi connectivity index (χ3n) is 0.915. The zero-order valence-corrected chi connectivity index (χ0v) is 6.39. The summed E-state index contributed by atoms with van der Waals surface area (Å²) >= 11 is 0. The topological polar surface area (TPSA) is 26.3 Å². The molecule has 3 heteroatoms. The molecule has 0 amide bonds. The van der Waals surface area contributed by atoms with Crippen LogP contribution in [0.2, 0.25) is 0 Å². The van der Waals surface area contributed by atoms with Gasteiger partial charge in [-0.25, -0.2) is 4.39 Å². The van der Waals surface area contributed by atoms with Crippen molar-refractivity contribution in [1.29, 1.82) is 0 Å². The van der Waals surface area contributed by atoms with Gasteiger partial charge in [-0.1, -0.05) is 13.8 Å². The molecule has 0 rings (SSSR count). The van der Waals surface area contributed by atoms with Crippen molar-refractivity contribution in [1.82, 2.24) is 0 Å². The van der Waals surface area contributed by atoms with Gasteiger partial charge in [0.25, 0.3) is 0 Å². The average molecular weight is 148 g/mol. The fraction of sp³-hybridized carbons (Fsp3) is 0.857. The number of esters is 1. The van der Waals surface area contributed by atoms with Gasteiger partial charge in [-0.3, -0.25) is 4.79 Å². The fourth-order valence-corrected chi connectivity index (χ4v) is 0.545. The molecule has 0 bridgehead atoms. The van der Waals surface area contributed by atoms with Gasteiger partial charge in [0, 0.05) is 6.42 Å². The Balaban J connectivity index is 3.26. The summed E-state index contributed by atoms with van der Waals surface area (Å²) in [4.78, 5) is 10.6. The van der Waals surface area contributed by atoms with Gasteiger partial charge < -0.3 is 4.74 Å². The number of rotatable bonds is 4. The van der Waals surface area contributed by atoms with Crippen LogP contribution >= 0.6 is 0 Å². The molecule has 10 heavy (non-hydrogen) atoms. The van der Waals surface area contributed by atoms with Gasteiger partial charge in [0.1, 0.15) is 13.3 Å². The molecule has 0 fully saturated rings. The van der Waals surface area contributed by atoms with E-state index in [0.717, 1.165) is 0 Å². The zero-order chi connectivity index (χ0) is 7.98. The zero-order valence-electron chi connectivity index (χ0n) is 6.39. The molecule has 0 aliphatic rings. The van der Waals surface area contributed by atoms with Crippen molar-refractivity contribution in [2.75, 3.05) is 13.3 Å². The Bertz CT molecular complexity index is 102. The molecule has 0 aromatic rings. The van der Waals surface area contributed by atoms with Crippen molar-refractivity contribution in [2.45, 2.75) is 20.3 Å². The molecule has 0 aliphatic carbocycles. The van der Waals surface area contributed by atoms with Crippen LogP contribution in [0.15, 0.2) is 0 Å². The molecule has 0 atom stereocenters. The van der Waals surface area contributed by atoms with Gasteiger partial charge in [-0.2, -0.15) is 0 Å². The van der Waals surface area contributed by atoms with Crippen molar-refractivity contribution in [3.05, 3.63) is 0 Å². The van der Waals surface area contributed by atoms with Crippen LogP contribution in [0.3, 0.4) is 0 Å². The van der Waals surface area contributed by atoms with Crippen LogP contribution in [0.1, 0.15) is 20.3 Å². The summed E-state index contributed by atoms with van der Waals surface area (Å²) in [5.41, 5.74) is 0. The number of hydrogen-bond donors (Lipinski definition) is 0. The summed E-state index contributed by atoms with van der Waals surface area (Å²) in [5.74, 6) is -0.0280. The number of ether oxygens (including phenoxy) is 1. The lowest BCUT2D eigenvalue weighted by molar-refractivity contribution is -0.144. The van der Waals surface area contributed by atoms with Gasteiger partial charge in [-0.05, 0) is 5.92 Å². The number of hydrogen-bond acceptors (Lipinski definition) is 2. The van der Waals surface area contributed by atoms with Gasteiger partial charge in [0.05, 0.1) is 0 Å². The molecule has 2 nitrogen and oxygen atoms in total. The SMILES string of the molecule is CC(C)CC(=O)OCCF. The van der Waals surface area contributed by atoms with E-state index in [0.29, 0.717) is 6.42 Å². The highest BCUT2D eigenvalue weighted by molar-refractivity contribution is 5.69. The lowest BCUT2D eigenvalue weighted by atomic mass is 10.1. The van der Waals surface area contributed by atoms with E-state index in [-0.39, 0.29) is 18.5 Å². The summed E-state index contributed by atoms with van der Waals surface area (Å²) in [6, 6.07) is 0. The van der Waals surface area contributed by atoms with E-state index in [9.17, 15) is 9.18 Å². The maximum Gasteiger partial charge on any atom is 0.306 e. The predicted molar refractivity (Wildman–Crippen MR) is 36.4 cm³/mol. The largest absolute Gasteiger partial charge is 0.463 e. The Morgan fingerprint density at radius 1 is 1.60 bits per heavy atom. The smallest absolute Gasteiger partial charge is 0.306 e. The summed E-state index contributed by atoms with van der Waals surface area (Å²) in [6.07, 6.45) is 0.375. The van der Waals surface area contributed by atoms with E-state index in [4.69, 9.17) is 0 Å². The summed E-state index contributed by atoms with van der Waals surface area (Å²) < 4.78 is 15.9. The minimum absolute atomic E-state index is 0.106. The molecule has 0 aromatic carbocycles. The highest BCUT2D eigenvalue weighted by atomic mass is 19.1. The lowest BCUT2D eigenvalue weighted by Crippen LogP contribution is -2.09. The van der Waals surface area contributed by atoms with Crippen LogP contribution in [0.5, 0.6) is 0 Å². The van der Waals surface area contributed by atoms with Crippen LogP contribution in [-0.2, 0) is 9.53 Å². The maximum absolute atomic E-state index is 11.4. The van der Waals surface area contributed by atoms with Crippen molar-refractivity contribution >= 4 is 5.97 Å². The Kier molecular flexibility index (Phi) is 4.89. The van der Waals surface area contributed by atoms with Crippen molar-refractivity contribution in [2.24, 2.45) is 5.92 Å². The summed E-state index contributed by atoms with van der Waals surface area (Å²) in [5, 5.41) is 0. The van der Waals surface area contributed by atoms with E-state index in [1.54, 1.807) is 0 Å². The summed E-state index contributed by atoms with van der Waals surface area (Å²) in [6.45, 7) is 3.13. The lowest BCUT2D eigenvalue weighted by Gasteiger charge is -2.03. The molecule has 0 saturated carbocycles. The van der Waals surface area contributed by atoms with Crippen LogP contribution in [0, 0.1) is 5.92 Å². The first-order chi connectivity index (χ1) is 4.66. The number of alkyl halides is 1. The number of halogens is 1. The molecule has 60 valence electrons. The maximum atomic E-state index is 11.4. The van der Waals surface area contributed by atoms with E-state index in [2.05, 4.69) is 4.74 Å². The Morgan fingerprint density at radius 3 is 2.60 bits per heavy atom. The second-order valence-corrected chi connectivity index (χ2v) is 2.51. The monoisotopic (exact) mass is 148 g/mol. The third kappa shape index (κ3) is 5.54. The van der Waals surface area contributed by atoms with E-state index < -0.39 is 6.67 Å². The van der Waals surface area contributed by atoms with Crippen LogP contribution in [0.4, 0.5) is 4.39 Å². The second kappa shape index (κ2) is 5.21. The van der Waals surface area contributed by atoms with Crippen LogP contribution in [-0.4, -0.2) is 19.3 Å². The first kappa shape index (κ1) is 9.40. The van der Waals surface area contributed by atoms with Gasteiger partial charge in [0.15, 0.2) is 0 Å². The Hall–Kier alpha value is -0.600. The van der Waals surface area contributed by atoms with Crippen molar-refractivity contribution < 1.29 is 13.9 Å². The molecule has 0 radical (unpaired) electrons. The second-order valence-electron chi connectivity index (χ2n) is 2.51. The van der Waals surface area contributed by atoms with E-state index >= 15 is 0 Å². The molecule has 0 spiro atoms. The van der Waals surface area contributed by atoms with Gasteiger partial charge in [-0.15, -0.1) is 0 Å². The Morgan fingerprint density at radius 2 is 2.20 bits per heavy atom. The normalized spacial score (nSPS) is 10.0. The fourth-order valence-electron chi connectivity index (χ4n) is 0.545.